The van der Waals surface area contributed by atoms with Gasteiger partial charge in [-0.15, -0.1) is 0 Å². The van der Waals surface area contributed by atoms with Crippen LogP contribution in [0.25, 0.3) is 11.2 Å². The number of halogens is 1. The van der Waals surface area contributed by atoms with Gasteiger partial charge in [-0.3, -0.25) is 0 Å². The van der Waals surface area contributed by atoms with E-state index in [0.717, 1.165) is 0 Å². The first-order valence-electron chi connectivity index (χ1n) is 6.97. The summed E-state index contributed by atoms with van der Waals surface area (Å²) in [6.07, 6.45) is 0.120. The molecule has 2 fully saturated rings. The van der Waals surface area contributed by atoms with E-state index in [4.69, 9.17) is 32.5 Å². The summed E-state index contributed by atoms with van der Waals surface area (Å²) in [5, 5.41) is 0. The quantitative estimate of drug-likeness (QED) is 0.505. The van der Waals surface area contributed by atoms with Gasteiger partial charge in [0.05, 0.1) is 0 Å². The fraction of sp³-hybridized carbons (Fsp3) is 0.400. The van der Waals surface area contributed by atoms with Gasteiger partial charge >= 0.3 is 143 Å². The van der Waals surface area contributed by atoms with Crippen molar-refractivity contribution in [3.05, 3.63) is 12.7 Å². The Balaban J connectivity index is 1.68. The minimum atomic E-state index is -3.04. The van der Waals surface area contributed by atoms with Crippen molar-refractivity contribution in [1.29, 1.82) is 1.19 Å². The van der Waals surface area contributed by atoms with Crippen LogP contribution in [0.5, 0.6) is 0 Å². The van der Waals surface area contributed by atoms with Gasteiger partial charge in [0.25, 0.3) is 0 Å². The van der Waals surface area contributed by atoms with Crippen molar-refractivity contribution >= 4 is 60.4 Å². The molecular weight excluding hydrogens is 444 g/mol. The second kappa shape index (κ2) is 5.14. The Bertz CT molecular complexity index is 884. The van der Waals surface area contributed by atoms with Gasteiger partial charge < -0.3 is 0 Å². The van der Waals surface area contributed by atoms with Crippen LogP contribution in [0.15, 0.2) is 12.7 Å². The average Bonchev–Trinajstić information content (AvgIpc) is 3.10. The topological polar surface area (TPSA) is 114 Å². The number of nitrogens with two attached hydrogens (primary N) is 1. The Kier molecular flexibility index (Phi) is 2.96. The van der Waals surface area contributed by atoms with Crippen molar-refractivity contribution in [2.45, 2.75) is 18.4 Å². The predicted molar refractivity (Wildman–Crippen MR) is 90.6 cm³/mol. The van der Waals surface area contributed by atoms with Crippen LogP contribution >= 0.6 is 25.8 Å². The number of carbonyl (C=O) groups is 1. The van der Waals surface area contributed by atoms with Crippen LogP contribution < -0.4 is 5.73 Å². The molecule has 2 aromatic heterocycles. The van der Waals surface area contributed by atoms with Gasteiger partial charge in [-0.05, 0) is 0 Å². The van der Waals surface area contributed by atoms with Crippen LogP contribution in [0.2, 0.25) is 0 Å². The Labute approximate surface area is 143 Å². The molecule has 0 saturated carbocycles. The van der Waals surface area contributed by atoms with Gasteiger partial charge in [0.2, 0.25) is 0 Å². The molecule has 0 bridgehead atoms. The molecule has 4 atom stereocenters. The molecule has 22 heavy (non-hydrogen) atoms. The molecule has 2 saturated heterocycles. The molecule has 2 N–H and O–H groups in total. The van der Waals surface area contributed by atoms with Crippen LogP contribution in [-0.2, 0) is 30.4 Å². The molecule has 0 aromatic carbocycles. The summed E-state index contributed by atoms with van der Waals surface area (Å²) in [5.74, 6) is -0.151. The zero-order chi connectivity index (χ0) is 17.1. The van der Waals surface area contributed by atoms with Crippen LogP contribution in [-0.4, -0.2) is 45.3 Å². The maximum absolute atomic E-state index is 12.7. The Morgan fingerprint density at radius 3 is 3.32 bits per heavy atom. The molecule has 4 rings (SSSR count). The number of carbonyl (C=O) groups excluding carboxylic acids is 1. The summed E-state index contributed by atoms with van der Waals surface area (Å²) >= 11 is 2.15. The third-order valence-electron chi connectivity index (χ3n) is 3.44. The first-order valence-corrected chi connectivity index (χ1v) is 11.6. The van der Waals surface area contributed by atoms with Crippen molar-refractivity contribution in [3.63, 3.8) is 0 Å². The summed E-state index contributed by atoms with van der Waals surface area (Å²) in [6, 6.07) is 0. The SMILES string of the molecule is [2H]I([3H])P1(=S)OC[C@H]2O[C@@H](n3cnc4c(N)ncnc43)C(=O)C2O1. The monoisotopic (exact) mass is 458 g/mol. The number of nitrogens with zero attached hydrogens (tertiary/aromatic N) is 4. The molecule has 2 aromatic rings. The number of nitrogen functional groups attached to an aromatic ring is 1. The van der Waals surface area contributed by atoms with Crippen molar-refractivity contribution < 1.29 is 18.6 Å². The van der Waals surface area contributed by atoms with Crippen molar-refractivity contribution in [2.75, 3.05) is 12.3 Å². The standard InChI is InChI=1S/C10H11IN5O4PS/c11-21(22)18-1-4-7(20-21)6(17)10(19-4)16-3-15-5-8(12)13-2-14-9(5)16/h2-4,7,10H,1,11H2,(H2,12,13,14)/t4-,7?,10-,21?/m1/s1/i11TD. The van der Waals surface area contributed by atoms with E-state index >= 15 is 0 Å². The summed E-state index contributed by atoms with van der Waals surface area (Å²) in [4.78, 5) is 24.8. The number of aromatic nitrogens is 4. The van der Waals surface area contributed by atoms with Crippen molar-refractivity contribution in [3.8, 4) is 0 Å². The Hall–Kier alpha value is -0.720. The summed E-state index contributed by atoms with van der Waals surface area (Å²) in [7, 11) is 0. The van der Waals surface area contributed by atoms with Gasteiger partial charge in [-0.25, -0.2) is 0 Å². The van der Waals surface area contributed by atoms with E-state index in [-0.39, 0.29) is 18.2 Å². The molecule has 0 amide bonds. The second-order valence-corrected chi connectivity index (χ2v) is 13.3. The second-order valence-electron chi connectivity index (χ2n) is 4.76. The Morgan fingerprint density at radius 2 is 2.50 bits per heavy atom. The molecule has 118 valence electrons. The number of hydrogen-bond acceptors (Lipinski definition) is 9. The summed E-state index contributed by atoms with van der Waals surface area (Å²) in [5.41, 5.74) is 6.49. The molecular formula is C10H11IN5O4PS. The molecule has 12 heteroatoms. The van der Waals surface area contributed by atoms with E-state index in [1.165, 1.54) is 17.2 Å². The zero-order valence-electron chi connectivity index (χ0n) is 12.8. The number of rotatable bonds is 2. The normalized spacial score (nSPS) is 36.8. The molecule has 2 aliphatic heterocycles. The maximum atomic E-state index is 12.7. The average molecular weight is 458 g/mol. The number of imidazole rings is 1. The van der Waals surface area contributed by atoms with Crippen LogP contribution in [0.3, 0.4) is 0 Å². The van der Waals surface area contributed by atoms with E-state index in [1.807, 2.05) is 0 Å². The first-order chi connectivity index (χ1) is 11.4. The number of hydrogen-bond donors (Lipinski definition) is 1. The Morgan fingerprint density at radius 1 is 1.64 bits per heavy atom. The third-order valence-corrected chi connectivity index (χ3v) is 6.47. The van der Waals surface area contributed by atoms with E-state index in [2.05, 4.69) is 15.0 Å². The fourth-order valence-corrected chi connectivity index (χ4v) is 5.02. The molecule has 2 unspecified atom stereocenters. The number of fused-ring (bicyclic) bond motifs is 2. The van der Waals surface area contributed by atoms with Gasteiger partial charge in [-0.1, -0.05) is 0 Å². The van der Waals surface area contributed by atoms with Crippen LogP contribution in [0.4, 0.5) is 5.82 Å². The van der Waals surface area contributed by atoms with Gasteiger partial charge in [0, 0.05) is 0 Å². The molecule has 0 aliphatic carbocycles. The van der Waals surface area contributed by atoms with E-state index < -0.39 is 44.2 Å². The van der Waals surface area contributed by atoms with Gasteiger partial charge in [-0.2, -0.15) is 0 Å². The first kappa shape index (κ1) is 12.7. The van der Waals surface area contributed by atoms with E-state index in [1.54, 1.807) is 0 Å². The van der Waals surface area contributed by atoms with E-state index in [9.17, 15) is 4.79 Å². The van der Waals surface area contributed by atoms with Crippen molar-refractivity contribution in [2.24, 2.45) is 0 Å². The molecule has 0 radical (unpaired) electrons. The van der Waals surface area contributed by atoms with Crippen LogP contribution in [0, 0.1) is 0 Å². The van der Waals surface area contributed by atoms with Gasteiger partial charge in [0.15, 0.2) is 0 Å². The van der Waals surface area contributed by atoms with Crippen LogP contribution in [0.1, 0.15) is 6.23 Å². The number of anilines is 1. The minimum absolute atomic E-state index is 0.0413. The zero-order valence-corrected chi connectivity index (χ0v) is 14.7. The fourth-order valence-electron chi connectivity index (χ4n) is 2.45. The summed E-state index contributed by atoms with van der Waals surface area (Å²) in [6.45, 7) is 0.0413. The summed E-state index contributed by atoms with van der Waals surface area (Å²) < 4.78 is 30.4. The number of ketones is 1. The molecule has 0 spiro atoms. The third kappa shape index (κ3) is 2.27. The molecule has 4 heterocycles. The van der Waals surface area contributed by atoms with Gasteiger partial charge in [0.1, 0.15) is 0 Å². The molecule has 9 nitrogen and oxygen atoms in total. The predicted octanol–water partition coefficient (Wildman–Crippen LogP) is 0.414. The van der Waals surface area contributed by atoms with E-state index in [0.29, 0.717) is 11.2 Å². The number of ether oxygens (including phenoxy) is 1. The van der Waals surface area contributed by atoms with Crippen molar-refractivity contribution in [1.82, 2.24) is 19.5 Å². The number of Topliss-reactive ketones (excluding diaryl/α,β-unsaturated/α-hetero) is 1. The molecule has 2 aliphatic rings.